The molecule has 1 aliphatic carbocycles. The van der Waals surface area contributed by atoms with E-state index in [0.29, 0.717) is 12.0 Å². The lowest BCUT2D eigenvalue weighted by molar-refractivity contribution is 0.351. The van der Waals surface area contributed by atoms with Gasteiger partial charge in [-0.05, 0) is 25.0 Å². The van der Waals surface area contributed by atoms with E-state index in [1.807, 2.05) is 18.3 Å². The monoisotopic (exact) mass is 231 g/mol. The number of aromatic nitrogens is 2. The van der Waals surface area contributed by atoms with E-state index in [4.69, 9.17) is 5.73 Å². The Kier molecular flexibility index (Phi) is 2.46. The normalized spacial score (nSPS) is 24.1. The van der Waals surface area contributed by atoms with Gasteiger partial charge in [-0.3, -0.25) is 4.98 Å². The van der Waals surface area contributed by atoms with Gasteiger partial charge < -0.3 is 5.73 Å². The second-order valence-corrected chi connectivity index (χ2v) is 5.13. The summed E-state index contributed by atoms with van der Waals surface area (Å²) in [6, 6.07) is 4.36. The predicted octanol–water partition coefficient (Wildman–Crippen LogP) is 2.41. The number of hydrogen-bond acceptors (Lipinski definition) is 4. The number of nitrogens with zero attached hydrogens (tertiary/aromatic N) is 2. The fourth-order valence-corrected chi connectivity index (χ4v) is 2.94. The van der Waals surface area contributed by atoms with Crippen LogP contribution >= 0.6 is 11.3 Å². The van der Waals surface area contributed by atoms with Crippen LogP contribution in [0, 0.1) is 0 Å². The molecule has 0 bridgehead atoms. The van der Waals surface area contributed by atoms with Crippen LogP contribution in [0.3, 0.4) is 0 Å². The molecule has 1 fully saturated rings. The van der Waals surface area contributed by atoms with Crippen LogP contribution in [-0.4, -0.2) is 16.0 Å². The van der Waals surface area contributed by atoms with Crippen LogP contribution < -0.4 is 5.73 Å². The Morgan fingerprint density at radius 2 is 2.25 bits per heavy atom. The molecule has 2 N–H and O–H groups in total. The van der Waals surface area contributed by atoms with Crippen molar-refractivity contribution in [3.63, 3.8) is 0 Å². The summed E-state index contributed by atoms with van der Waals surface area (Å²) in [5.41, 5.74) is 7.92. The van der Waals surface area contributed by atoms with Crippen LogP contribution in [0.25, 0.3) is 11.3 Å². The zero-order chi connectivity index (χ0) is 11.0. The molecule has 1 aliphatic rings. The molecule has 2 aromatic rings. The molecule has 2 aromatic heterocycles. The van der Waals surface area contributed by atoms with Gasteiger partial charge in [0.15, 0.2) is 0 Å². The quantitative estimate of drug-likeness (QED) is 0.863. The van der Waals surface area contributed by atoms with Crippen LogP contribution in [0.5, 0.6) is 0 Å². The standard InChI is InChI=1S/C12H13N3S/c13-10-4-9(5-10)12-15-11(7-16-12)8-2-1-3-14-6-8/h1-3,6-7,9-10H,4-5,13H2. The van der Waals surface area contributed by atoms with Crippen LogP contribution in [0.1, 0.15) is 23.8 Å². The van der Waals surface area contributed by atoms with Gasteiger partial charge in [0.05, 0.1) is 10.7 Å². The molecule has 0 amide bonds. The molecule has 0 atom stereocenters. The van der Waals surface area contributed by atoms with Crippen molar-refractivity contribution in [2.24, 2.45) is 5.73 Å². The van der Waals surface area contributed by atoms with Crippen molar-refractivity contribution in [1.29, 1.82) is 0 Å². The first-order chi connectivity index (χ1) is 7.83. The van der Waals surface area contributed by atoms with Gasteiger partial charge in [0, 0.05) is 35.3 Å². The molecule has 16 heavy (non-hydrogen) atoms. The molecule has 0 radical (unpaired) electrons. The van der Waals surface area contributed by atoms with E-state index in [1.165, 1.54) is 5.01 Å². The highest BCUT2D eigenvalue weighted by Gasteiger charge is 2.29. The van der Waals surface area contributed by atoms with E-state index in [2.05, 4.69) is 15.3 Å². The Morgan fingerprint density at radius 3 is 2.94 bits per heavy atom. The number of nitrogens with two attached hydrogens (primary N) is 1. The second-order valence-electron chi connectivity index (χ2n) is 4.24. The highest BCUT2D eigenvalue weighted by atomic mass is 32.1. The largest absolute Gasteiger partial charge is 0.328 e. The van der Waals surface area contributed by atoms with E-state index in [9.17, 15) is 0 Å². The van der Waals surface area contributed by atoms with E-state index >= 15 is 0 Å². The van der Waals surface area contributed by atoms with Gasteiger partial charge in [0.1, 0.15) is 0 Å². The van der Waals surface area contributed by atoms with Crippen molar-refractivity contribution in [2.75, 3.05) is 0 Å². The minimum absolute atomic E-state index is 0.385. The molecule has 3 nitrogen and oxygen atoms in total. The topological polar surface area (TPSA) is 51.8 Å². The number of thiazole rings is 1. The zero-order valence-electron chi connectivity index (χ0n) is 8.84. The average Bonchev–Trinajstić information content (AvgIpc) is 2.75. The Morgan fingerprint density at radius 1 is 1.38 bits per heavy atom. The summed E-state index contributed by atoms with van der Waals surface area (Å²) in [5, 5.41) is 3.33. The van der Waals surface area contributed by atoms with Gasteiger partial charge in [-0.2, -0.15) is 0 Å². The third kappa shape index (κ3) is 1.74. The summed E-state index contributed by atoms with van der Waals surface area (Å²) >= 11 is 1.74. The lowest BCUT2D eigenvalue weighted by Crippen LogP contribution is -2.34. The van der Waals surface area contributed by atoms with Crippen LogP contribution in [0.2, 0.25) is 0 Å². The van der Waals surface area contributed by atoms with Gasteiger partial charge >= 0.3 is 0 Å². The number of hydrogen-bond donors (Lipinski definition) is 1. The molecule has 1 saturated carbocycles. The molecule has 0 aliphatic heterocycles. The van der Waals surface area contributed by atoms with Crippen molar-refractivity contribution in [2.45, 2.75) is 24.8 Å². The third-order valence-corrected chi connectivity index (χ3v) is 4.01. The van der Waals surface area contributed by atoms with Crippen molar-refractivity contribution >= 4 is 11.3 Å². The third-order valence-electron chi connectivity index (χ3n) is 3.00. The molecule has 82 valence electrons. The summed E-state index contributed by atoms with van der Waals surface area (Å²) < 4.78 is 0. The molecule has 3 rings (SSSR count). The van der Waals surface area contributed by atoms with Gasteiger partial charge in [-0.25, -0.2) is 4.98 Å². The summed E-state index contributed by atoms with van der Waals surface area (Å²) in [6.07, 6.45) is 5.80. The molecular weight excluding hydrogens is 218 g/mol. The Hall–Kier alpha value is -1.26. The summed E-state index contributed by atoms with van der Waals surface area (Å²) in [6.45, 7) is 0. The average molecular weight is 231 g/mol. The highest BCUT2D eigenvalue weighted by molar-refractivity contribution is 7.10. The highest BCUT2D eigenvalue weighted by Crippen LogP contribution is 2.38. The van der Waals surface area contributed by atoms with Crippen molar-refractivity contribution < 1.29 is 0 Å². The van der Waals surface area contributed by atoms with Gasteiger partial charge in [-0.1, -0.05) is 0 Å². The van der Waals surface area contributed by atoms with Crippen LogP contribution in [0.15, 0.2) is 29.9 Å². The summed E-state index contributed by atoms with van der Waals surface area (Å²) in [5.74, 6) is 0.588. The van der Waals surface area contributed by atoms with Crippen LogP contribution in [-0.2, 0) is 0 Å². The van der Waals surface area contributed by atoms with Crippen molar-refractivity contribution in [3.8, 4) is 11.3 Å². The first-order valence-corrected chi connectivity index (χ1v) is 6.32. The maximum Gasteiger partial charge on any atom is 0.0964 e. The Bertz CT molecular complexity index is 474. The molecule has 0 aromatic carbocycles. The van der Waals surface area contributed by atoms with Gasteiger partial charge in [0.25, 0.3) is 0 Å². The van der Waals surface area contributed by atoms with E-state index in [0.717, 1.165) is 24.1 Å². The van der Waals surface area contributed by atoms with Crippen LogP contribution in [0.4, 0.5) is 0 Å². The lowest BCUT2D eigenvalue weighted by atomic mass is 9.81. The Labute approximate surface area is 98.4 Å². The van der Waals surface area contributed by atoms with Crippen molar-refractivity contribution in [3.05, 3.63) is 34.9 Å². The lowest BCUT2D eigenvalue weighted by Gasteiger charge is -2.30. The first-order valence-electron chi connectivity index (χ1n) is 5.44. The minimum Gasteiger partial charge on any atom is -0.328 e. The number of pyridine rings is 1. The molecule has 0 unspecified atom stereocenters. The maximum atomic E-state index is 5.79. The van der Waals surface area contributed by atoms with E-state index in [1.54, 1.807) is 17.5 Å². The fraction of sp³-hybridized carbons (Fsp3) is 0.333. The molecule has 0 spiro atoms. The maximum absolute atomic E-state index is 5.79. The molecule has 0 saturated heterocycles. The SMILES string of the molecule is NC1CC(c2nc(-c3cccnc3)cs2)C1. The summed E-state index contributed by atoms with van der Waals surface area (Å²) in [7, 11) is 0. The van der Waals surface area contributed by atoms with E-state index < -0.39 is 0 Å². The zero-order valence-corrected chi connectivity index (χ0v) is 9.65. The fourth-order valence-electron chi connectivity index (χ4n) is 1.99. The van der Waals surface area contributed by atoms with Gasteiger partial charge in [-0.15, -0.1) is 11.3 Å². The smallest absolute Gasteiger partial charge is 0.0964 e. The first kappa shape index (κ1) is 9.93. The minimum atomic E-state index is 0.385. The van der Waals surface area contributed by atoms with Crippen molar-refractivity contribution in [1.82, 2.24) is 9.97 Å². The van der Waals surface area contributed by atoms with Gasteiger partial charge in [0.2, 0.25) is 0 Å². The second kappa shape index (κ2) is 3.96. The molecule has 2 heterocycles. The molecular formula is C12H13N3S. The number of rotatable bonds is 2. The predicted molar refractivity (Wildman–Crippen MR) is 65.3 cm³/mol. The Balaban J connectivity index is 1.83. The van der Waals surface area contributed by atoms with E-state index in [-0.39, 0.29) is 0 Å². The molecule has 4 heteroatoms. The summed E-state index contributed by atoms with van der Waals surface area (Å²) in [4.78, 5) is 8.77.